The van der Waals surface area contributed by atoms with Gasteiger partial charge in [-0.25, -0.2) is 0 Å². The Labute approximate surface area is 130 Å². The molecule has 1 N–H and O–H groups in total. The molecule has 6 nitrogen and oxygen atoms in total. The minimum absolute atomic E-state index is 0.0186. The number of hydrogen-bond donors (Lipinski definition) is 1. The van der Waals surface area contributed by atoms with Gasteiger partial charge in [0.15, 0.2) is 11.5 Å². The van der Waals surface area contributed by atoms with E-state index in [-0.39, 0.29) is 18.3 Å². The number of carbonyl (C=O) groups is 1. The van der Waals surface area contributed by atoms with Gasteiger partial charge in [-0.2, -0.15) is 0 Å². The van der Waals surface area contributed by atoms with Gasteiger partial charge in [0.25, 0.3) is 5.91 Å². The Morgan fingerprint density at radius 1 is 1.27 bits per heavy atom. The number of carbonyl (C=O) groups excluding carboxylic acids is 1. The van der Waals surface area contributed by atoms with Crippen LogP contribution in [0.15, 0.2) is 18.2 Å². The first kappa shape index (κ1) is 15.0. The van der Waals surface area contributed by atoms with Crippen molar-refractivity contribution in [2.75, 3.05) is 39.3 Å². The van der Waals surface area contributed by atoms with Crippen molar-refractivity contribution >= 4 is 5.91 Å². The smallest absolute Gasteiger partial charge is 0.267 e. The van der Waals surface area contributed by atoms with E-state index in [0.29, 0.717) is 11.5 Å². The molecular formula is C16H22N2O4. The van der Waals surface area contributed by atoms with Crippen molar-refractivity contribution in [3.63, 3.8) is 0 Å². The van der Waals surface area contributed by atoms with Crippen molar-refractivity contribution in [2.24, 2.45) is 0 Å². The van der Waals surface area contributed by atoms with Crippen molar-refractivity contribution in [1.82, 2.24) is 9.80 Å². The summed E-state index contributed by atoms with van der Waals surface area (Å²) in [5.74, 6) is 1.10. The molecular weight excluding hydrogens is 284 g/mol. The van der Waals surface area contributed by atoms with Crippen LogP contribution in [-0.4, -0.2) is 66.2 Å². The third-order valence-corrected chi connectivity index (χ3v) is 4.09. The van der Waals surface area contributed by atoms with Gasteiger partial charge in [-0.3, -0.25) is 9.69 Å². The molecule has 22 heavy (non-hydrogen) atoms. The molecule has 0 aromatic heterocycles. The predicted octanol–water partition coefficient (Wildman–Crippen LogP) is 1.09. The Kier molecular flexibility index (Phi) is 4.38. The second-order valence-electron chi connectivity index (χ2n) is 5.72. The maximum Gasteiger partial charge on any atom is 0.267 e. The van der Waals surface area contributed by atoms with Crippen LogP contribution in [0, 0.1) is 0 Å². The summed E-state index contributed by atoms with van der Waals surface area (Å²) >= 11 is 0. The SMILES string of the molecule is CCCN1CCN(C(=O)C2COc3cc(O)ccc3O2)CC1. The lowest BCUT2D eigenvalue weighted by molar-refractivity contribution is -0.143. The average Bonchev–Trinajstić information content (AvgIpc) is 2.55. The normalized spacial score (nSPS) is 21.7. The number of rotatable bonds is 3. The van der Waals surface area contributed by atoms with Crippen LogP contribution in [0.3, 0.4) is 0 Å². The summed E-state index contributed by atoms with van der Waals surface area (Å²) in [4.78, 5) is 16.8. The van der Waals surface area contributed by atoms with Crippen LogP contribution in [0.25, 0.3) is 0 Å². The highest BCUT2D eigenvalue weighted by Gasteiger charge is 2.32. The first-order valence-corrected chi connectivity index (χ1v) is 7.81. The van der Waals surface area contributed by atoms with E-state index >= 15 is 0 Å². The number of benzene rings is 1. The highest BCUT2D eigenvalue weighted by molar-refractivity contribution is 5.82. The molecule has 1 unspecified atom stereocenters. The van der Waals surface area contributed by atoms with Gasteiger partial charge in [0.2, 0.25) is 6.10 Å². The molecule has 1 aromatic carbocycles. The van der Waals surface area contributed by atoms with Gasteiger partial charge in [0.05, 0.1) is 0 Å². The quantitative estimate of drug-likeness (QED) is 0.905. The van der Waals surface area contributed by atoms with E-state index in [9.17, 15) is 9.90 Å². The number of nitrogens with zero attached hydrogens (tertiary/aromatic N) is 2. The molecule has 1 amide bonds. The minimum atomic E-state index is -0.602. The van der Waals surface area contributed by atoms with E-state index < -0.39 is 6.10 Å². The molecule has 6 heteroatoms. The molecule has 2 aliphatic heterocycles. The molecule has 1 aromatic rings. The third-order valence-electron chi connectivity index (χ3n) is 4.09. The molecule has 120 valence electrons. The number of piperazine rings is 1. The molecule has 1 saturated heterocycles. The highest BCUT2D eigenvalue weighted by atomic mass is 16.6. The third kappa shape index (κ3) is 3.11. The number of hydrogen-bond acceptors (Lipinski definition) is 5. The van der Waals surface area contributed by atoms with Crippen LogP contribution < -0.4 is 9.47 Å². The van der Waals surface area contributed by atoms with Gasteiger partial charge in [-0.05, 0) is 25.1 Å². The van der Waals surface area contributed by atoms with Crippen LogP contribution in [-0.2, 0) is 4.79 Å². The molecule has 1 atom stereocenters. The van der Waals surface area contributed by atoms with Gasteiger partial charge in [-0.15, -0.1) is 0 Å². The number of phenolic OH excluding ortho intramolecular Hbond substituents is 1. The fourth-order valence-electron chi connectivity index (χ4n) is 2.89. The van der Waals surface area contributed by atoms with Crippen LogP contribution in [0.5, 0.6) is 17.2 Å². The molecule has 0 saturated carbocycles. The van der Waals surface area contributed by atoms with Gasteiger partial charge < -0.3 is 19.5 Å². The number of fused-ring (bicyclic) bond motifs is 1. The fourth-order valence-corrected chi connectivity index (χ4v) is 2.89. The van der Waals surface area contributed by atoms with Crippen molar-refractivity contribution in [2.45, 2.75) is 19.4 Å². The largest absolute Gasteiger partial charge is 0.508 e. The summed E-state index contributed by atoms with van der Waals surface area (Å²) < 4.78 is 11.3. The summed E-state index contributed by atoms with van der Waals surface area (Å²) in [5.41, 5.74) is 0. The maximum atomic E-state index is 12.5. The zero-order valence-corrected chi connectivity index (χ0v) is 12.8. The molecule has 2 heterocycles. The van der Waals surface area contributed by atoms with Crippen LogP contribution >= 0.6 is 0 Å². The highest BCUT2D eigenvalue weighted by Crippen LogP contribution is 2.34. The Balaban J connectivity index is 1.59. The molecule has 0 aliphatic carbocycles. The molecule has 3 rings (SSSR count). The first-order valence-electron chi connectivity index (χ1n) is 7.81. The Morgan fingerprint density at radius 2 is 2.05 bits per heavy atom. The maximum absolute atomic E-state index is 12.5. The van der Waals surface area contributed by atoms with E-state index in [0.717, 1.165) is 39.1 Å². The summed E-state index contributed by atoms with van der Waals surface area (Å²) in [7, 11) is 0. The molecule has 0 spiro atoms. The summed E-state index contributed by atoms with van der Waals surface area (Å²) in [6, 6.07) is 4.65. The topological polar surface area (TPSA) is 62.2 Å². The average molecular weight is 306 g/mol. The summed E-state index contributed by atoms with van der Waals surface area (Å²) in [6.45, 7) is 6.74. The van der Waals surface area contributed by atoms with E-state index in [2.05, 4.69) is 11.8 Å². The van der Waals surface area contributed by atoms with E-state index in [1.165, 1.54) is 12.1 Å². The second kappa shape index (κ2) is 6.44. The van der Waals surface area contributed by atoms with Crippen LogP contribution in [0.2, 0.25) is 0 Å². The summed E-state index contributed by atoms with van der Waals surface area (Å²) in [6.07, 6.45) is 0.534. The van der Waals surface area contributed by atoms with Gasteiger partial charge in [0.1, 0.15) is 12.4 Å². The Hall–Kier alpha value is -1.95. The monoisotopic (exact) mass is 306 g/mol. The van der Waals surface area contributed by atoms with Crippen molar-refractivity contribution in [1.29, 1.82) is 0 Å². The van der Waals surface area contributed by atoms with Crippen LogP contribution in [0.1, 0.15) is 13.3 Å². The molecule has 0 bridgehead atoms. The summed E-state index contributed by atoms with van der Waals surface area (Å²) in [5, 5.41) is 9.42. The first-order chi connectivity index (χ1) is 10.7. The number of ether oxygens (including phenoxy) is 2. The number of aromatic hydroxyl groups is 1. The van der Waals surface area contributed by atoms with E-state index in [1.807, 2.05) is 4.90 Å². The van der Waals surface area contributed by atoms with Gasteiger partial charge in [0, 0.05) is 32.2 Å². The lowest BCUT2D eigenvalue weighted by atomic mass is 10.2. The van der Waals surface area contributed by atoms with Gasteiger partial charge in [-0.1, -0.05) is 6.92 Å². The predicted molar refractivity (Wildman–Crippen MR) is 81.3 cm³/mol. The Bertz CT molecular complexity index is 541. The van der Waals surface area contributed by atoms with Crippen molar-refractivity contribution < 1.29 is 19.4 Å². The zero-order chi connectivity index (χ0) is 15.5. The lowest BCUT2D eigenvalue weighted by Gasteiger charge is -2.37. The Morgan fingerprint density at radius 3 is 2.77 bits per heavy atom. The molecule has 2 aliphatic rings. The zero-order valence-electron chi connectivity index (χ0n) is 12.8. The fraction of sp³-hybridized carbons (Fsp3) is 0.562. The number of phenols is 1. The number of amides is 1. The van der Waals surface area contributed by atoms with Crippen molar-refractivity contribution in [3.05, 3.63) is 18.2 Å². The standard InChI is InChI=1S/C16H22N2O4/c1-2-5-17-6-8-18(9-7-17)16(20)15-11-21-14-10-12(19)3-4-13(14)22-15/h3-4,10,15,19H,2,5-9,11H2,1H3. The minimum Gasteiger partial charge on any atom is -0.508 e. The van der Waals surface area contributed by atoms with E-state index in [4.69, 9.17) is 9.47 Å². The molecule has 1 fully saturated rings. The lowest BCUT2D eigenvalue weighted by Crippen LogP contribution is -2.54. The second-order valence-corrected chi connectivity index (χ2v) is 5.72. The van der Waals surface area contributed by atoms with Crippen molar-refractivity contribution in [3.8, 4) is 17.2 Å². The van der Waals surface area contributed by atoms with Crippen LogP contribution in [0.4, 0.5) is 0 Å². The van der Waals surface area contributed by atoms with E-state index in [1.54, 1.807) is 6.07 Å². The van der Waals surface area contributed by atoms with Gasteiger partial charge >= 0.3 is 0 Å². The molecule has 0 radical (unpaired) electrons.